The molecule has 0 aliphatic heterocycles. The number of hydrogen-bond donors (Lipinski definition) is 1. The topological polar surface area (TPSA) is 46.9 Å². The van der Waals surface area contributed by atoms with Gasteiger partial charge < -0.3 is 9.88 Å². The molecule has 1 aromatic heterocycles. The van der Waals surface area contributed by atoms with Gasteiger partial charge in [-0.3, -0.25) is 4.79 Å². The molecule has 0 saturated carbocycles. The molecule has 1 heterocycles. The summed E-state index contributed by atoms with van der Waals surface area (Å²) in [6.07, 6.45) is -4.07. The first-order chi connectivity index (χ1) is 14.8. The normalized spacial score (nSPS) is 11.6. The summed E-state index contributed by atoms with van der Waals surface area (Å²) in [4.78, 5) is 17.3. The van der Waals surface area contributed by atoms with Crippen molar-refractivity contribution in [3.05, 3.63) is 94.8 Å². The largest absolute Gasteiger partial charge is 0.416 e. The summed E-state index contributed by atoms with van der Waals surface area (Å²) in [5.74, 6) is 0.177. The first-order valence-corrected chi connectivity index (χ1v) is 9.84. The van der Waals surface area contributed by atoms with Crippen molar-refractivity contribution >= 4 is 34.2 Å². The fraction of sp³-hybridized carbons (Fsp3) is 0.130. The van der Waals surface area contributed by atoms with Crippen LogP contribution in [0.3, 0.4) is 0 Å². The van der Waals surface area contributed by atoms with Crippen molar-refractivity contribution in [3.63, 3.8) is 0 Å². The van der Waals surface area contributed by atoms with Crippen molar-refractivity contribution in [2.75, 3.05) is 5.32 Å². The van der Waals surface area contributed by atoms with Gasteiger partial charge in [0.25, 0.3) is 0 Å². The number of fused-ring (bicyclic) bond motifs is 1. The Balaban J connectivity index is 1.62. The summed E-state index contributed by atoms with van der Waals surface area (Å²) in [6.45, 7) is -0.101. The van der Waals surface area contributed by atoms with Crippen molar-refractivity contribution in [2.45, 2.75) is 19.1 Å². The second-order valence-electron chi connectivity index (χ2n) is 7.00. The second-order valence-corrected chi connectivity index (χ2v) is 7.41. The van der Waals surface area contributed by atoms with E-state index in [1.54, 1.807) is 10.6 Å². The Morgan fingerprint density at radius 3 is 2.52 bits per heavy atom. The number of carbonyl (C=O) groups excluding carboxylic acids is 1. The molecule has 0 unspecified atom stereocenters. The first kappa shape index (κ1) is 20.9. The van der Waals surface area contributed by atoms with E-state index in [2.05, 4.69) is 10.3 Å². The lowest BCUT2D eigenvalue weighted by Gasteiger charge is -2.12. The number of nitrogens with one attached hydrogen (secondary N) is 1. The summed E-state index contributed by atoms with van der Waals surface area (Å²) in [5, 5.41) is 3.14. The van der Waals surface area contributed by atoms with Crippen molar-refractivity contribution in [3.8, 4) is 0 Å². The Morgan fingerprint density at radius 1 is 1.00 bits per heavy atom. The van der Waals surface area contributed by atoms with Crippen molar-refractivity contribution in [2.24, 2.45) is 0 Å². The van der Waals surface area contributed by atoms with E-state index in [4.69, 9.17) is 11.6 Å². The number of hydrogen-bond acceptors (Lipinski definition) is 2. The highest BCUT2D eigenvalue weighted by molar-refractivity contribution is 6.31. The second kappa shape index (κ2) is 8.43. The maximum atomic E-state index is 12.9. The van der Waals surface area contributed by atoms with Gasteiger partial charge in [-0.1, -0.05) is 48.0 Å². The number of para-hydroxylation sites is 2. The molecule has 0 spiro atoms. The molecule has 0 atom stereocenters. The molecule has 4 aromatic rings. The maximum Gasteiger partial charge on any atom is 0.416 e. The zero-order chi connectivity index (χ0) is 22.0. The molecule has 0 saturated heterocycles. The number of nitrogens with zero attached hydrogens (tertiary/aromatic N) is 2. The lowest BCUT2D eigenvalue weighted by molar-refractivity contribution is -0.137. The number of anilines is 1. The van der Waals surface area contributed by atoms with Crippen LogP contribution in [-0.2, 0) is 23.9 Å². The van der Waals surface area contributed by atoms with Crippen molar-refractivity contribution in [1.82, 2.24) is 9.55 Å². The molecule has 0 bridgehead atoms. The SMILES string of the molecule is O=C(Cn1c(Cc2ccccc2Cl)nc2ccccc21)Nc1cccc(C(F)(F)F)c1. The van der Waals surface area contributed by atoms with Gasteiger partial charge in [0, 0.05) is 17.1 Å². The zero-order valence-electron chi connectivity index (χ0n) is 16.2. The summed E-state index contributed by atoms with van der Waals surface area (Å²) >= 11 is 6.28. The highest BCUT2D eigenvalue weighted by atomic mass is 35.5. The number of carbonyl (C=O) groups is 1. The monoisotopic (exact) mass is 443 g/mol. The lowest BCUT2D eigenvalue weighted by Crippen LogP contribution is -2.20. The van der Waals surface area contributed by atoms with Crippen LogP contribution in [-0.4, -0.2) is 15.5 Å². The van der Waals surface area contributed by atoms with E-state index in [0.717, 1.165) is 28.7 Å². The van der Waals surface area contributed by atoms with Crippen LogP contribution in [0.25, 0.3) is 11.0 Å². The van der Waals surface area contributed by atoms with Gasteiger partial charge in [0.2, 0.25) is 5.91 Å². The number of rotatable bonds is 5. The summed E-state index contributed by atoms with van der Waals surface area (Å²) in [7, 11) is 0. The van der Waals surface area contributed by atoms with Gasteiger partial charge in [0.1, 0.15) is 12.4 Å². The van der Waals surface area contributed by atoms with E-state index in [9.17, 15) is 18.0 Å². The predicted molar refractivity (Wildman–Crippen MR) is 114 cm³/mol. The predicted octanol–water partition coefficient (Wildman–Crippen LogP) is 5.94. The molecule has 1 N–H and O–H groups in total. The Kier molecular flexibility index (Phi) is 5.69. The van der Waals surface area contributed by atoms with Crippen LogP contribution in [0.5, 0.6) is 0 Å². The Bertz CT molecular complexity index is 1250. The number of aromatic nitrogens is 2. The van der Waals surface area contributed by atoms with E-state index in [1.165, 1.54) is 12.1 Å². The quantitative estimate of drug-likeness (QED) is 0.415. The van der Waals surface area contributed by atoms with E-state index in [-0.39, 0.29) is 12.2 Å². The summed E-state index contributed by atoms with van der Waals surface area (Å²) in [5.41, 5.74) is 1.59. The van der Waals surface area contributed by atoms with Crippen LogP contribution in [0, 0.1) is 0 Å². The van der Waals surface area contributed by atoms with E-state index in [1.807, 2.05) is 42.5 Å². The lowest BCUT2D eigenvalue weighted by atomic mass is 10.1. The minimum Gasteiger partial charge on any atom is -0.325 e. The third-order valence-corrected chi connectivity index (χ3v) is 5.18. The number of alkyl halides is 3. The number of amides is 1. The third-order valence-electron chi connectivity index (χ3n) is 4.82. The molecule has 4 nitrogen and oxygen atoms in total. The number of benzene rings is 3. The highest BCUT2D eigenvalue weighted by Gasteiger charge is 2.30. The Morgan fingerprint density at radius 2 is 1.74 bits per heavy atom. The molecule has 0 aliphatic carbocycles. The van der Waals surface area contributed by atoms with Crippen LogP contribution in [0.1, 0.15) is 17.0 Å². The summed E-state index contributed by atoms with van der Waals surface area (Å²) < 4.78 is 40.6. The van der Waals surface area contributed by atoms with Crippen LogP contribution in [0.4, 0.5) is 18.9 Å². The van der Waals surface area contributed by atoms with Crippen LogP contribution in [0.15, 0.2) is 72.8 Å². The molecule has 3 aromatic carbocycles. The minimum absolute atomic E-state index is 0.0805. The van der Waals surface area contributed by atoms with Gasteiger partial charge >= 0.3 is 6.18 Å². The number of halogens is 4. The minimum atomic E-state index is -4.48. The molecular formula is C23H17ClF3N3O. The third kappa shape index (κ3) is 4.72. The van der Waals surface area contributed by atoms with Crippen molar-refractivity contribution in [1.29, 1.82) is 0 Å². The van der Waals surface area contributed by atoms with E-state index < -0.39 is 17.6 Å². The molecule has 0 aliphatic rings. The Hall–Kier alpha value is -3.32. The standard InChI is InChI=1S/C23H17ClF3N3O/c24-18-9-2-1-6-15(18)12-21-29-19-10-3-4-11-20(19)30(21)14-22(31)28-17-8-5-7-16(13-17)23(25,26)27/h1-11,13H,12,14H2,(H,28,31). The van der Waals surface area contributed by atoms with Crippen molar-refractivity contribution < 1.29 is 18.0 Å². The van der Waals surface area contributed by atoms with E-state index in [0.29, 0.717) is 17.3 Å². The van der Waals surface area contributed by atoms with Gasteiger partial charge in [0.15, 0.2) is 0 Å². The summed E-state index contributed by atoms with van der Waals surface area (Å²) in [6, 6.07) is 19.3. The van der Waals surface area contributed by atoms with Crippen LogP contribution < -0.4 is 5.32 Å². The average Bonchev–Trinajstić information content (AvgIpc) is 3.06. The fourth-order valence-electron chi connectivity index (χ4n) is 3.37. The van der Waals surface area contributed by atoms with Gasteiger partial charge in [-0.2, -0.15) is 13.2 Å². The molecule has 8 heteroatoms. The Labute approximate surface area is 181 Å². The maximum absolute atomic E-state index is 12.9. The average molecular weight is 444 g/mol. The van der Waals surface area contributed by atoms with Crippen LogP contribution >= 0.6 is 11.6 Å². The van der Waals surface area contributed by atoms with Gasteiger partial charge in [-0.15, -0.1) is 0 Å². The van der Waals surface area contributed by atoms with Gasteiger partial charge in [0.05, 0.1) is 16.6 Å². The molecule has 4 rings (SSSR count). The zero-order valence-corrected chi connectivity index (χ0v) is 16.9. The first-order valence-electron chi connectivity index (χ1n) is 9.46. The van der Waals surface area contributed by atoms with E-state index >= 15 is 0 Å². The molecule has 31 heavy (non-hydrogen) atoms. The molecule has 1 amide bonds. The molecular weight excluding hydrogens is 427 g/mol. The van der Waals surface area contributed by atoms with Crippen LogP contribution in [0.2, 0.25) is 5.02 Å². The number of imidazole rings is 1. The molecule has 158 valence electrons. The highest BCUT2D eigenvalue weighted by Crippen LogP contribution is 2.30. The smallest absolute Gasteiger partial charge is 0.325 e. The van der Waals surface area contributed by atoms with Gasteiger partial charge in [-0.25, -0.2) is 4.98 Å². The molecule has 0 fully saturated rings. The van der Waals surface area contributed by atoms with Gasteiger partial charge in [-0.05, 0) is 42.0 Å². The fourth-order valence-corrected chi connectivity index (χ4v) is 3.57. The molecule has 0 radical (unpaired) electrons.